The average molecular weight is 543 g/mol. The second-order valence-corrected chi connectivity index (χ2v) is 11.8. The molecule has 1 fully saturated rings. The molecule has 1 aromatic carbocycles. The lowest BCUT2D eigenvalue weighted by molar-refractivity contribution is 0.0699. The van der Waals surface area contributed by atoms with E-state index >= 15 is 0 Å². The average Bonchev–Trinajstić information content (AvgIpc) is 3.11. The molecule has 1 amide bonds. The van der Waals surface area contributed by atoms with Gasteiger partial charge in [0.05, 0.1) is 12.7 Å². The lowest BCUT2D eigenvalue weighted by atomic mass is 9.96. The Balaban J connectivity index is 1.28. The van der Waals surface area contributed by atoms with Gasteiger partial charge >= 0.3 is 0 Å². The van der Waals surface area contributed by atoms with Crippen LogP contribution in [0.25, 0.3) is 0 Å². The normalized spacial score (nSPS) is 20.5. The summed E-state index contributed by atoms with van der Waals surface area (Å²) in [5.74, 6) is 1.16. The Labute approximate surface area is 223 Å². The quantitative estimate of drug-likeness (QED) is 0.468. The first-order valence-corrected chi connectivity index (χ1v) is 14.4. The predicted molar refractivity (Wildman–Crippen MR) is 142 cm³/mol. The van der Waals surface area contributed by atoms with E-state index in [0.717, 1.165) is 23.9 Å². The lowest BCUT2D eigenvalue weighted by Gasteiger charge is -2.30. The molecule has 38 heavy (non-hydrogen) atoms. The summed E-state index contributed by atoms with van der Waals surface area (Å²) < 4.78 is 44.5. The number of nitrogens with zero attached hydrogens (tertiary/aromatic N) is 4. The van der Waals surface area contributed by atoms with Crippen LogP contribution >= 0.6 is 0 Å². The Morgan fingerprint density at radius 2 is 1.89 bits per heavy atom. The molecule has 0 saturated carbocycles. The van der Waals surface area contributed by atoms with Crippen molar-refractivity contribution in [2.75, 3.05) is 46.6 Å². The molecule has 11 heteroatoms. The molecule has 0 aliphatic carbocycles. The standard InChI is InChI=1S/C27H34N4O6S/c1-19(2)21-16-20(35-3)17-23-25(21)27(32)31(38(23,33)34)18-37-24-9-13-30-12-7-8-22(26(30)28-24)36-15-14-29-10-5-4-6-11-29/h7-9,12,16-17,19H,4-6,10-11,13-15,18H2,1-3H3. The van der Waals surface area contributed by atoms with Gasteiger partial charge in [0, 0.05) is 25.4 Å². The summed E-state index contributed by atoms with van der Waals surface area (Å²) >= 11 is 0. The fraction of sp³-hybridized carbons (Fsp3) is 0.481. The highest BCUT2D eigenvalue weighted by Crippen LogP contribution is 2.38. The second-order valence-electron chi connectivity index (χ2n) is 9.93. The number of benzene rings is 1. The maximum Gasteiger partial charge on any atom is 0.272 e. The van der Waals surface area contributed by atoms with Gasteiger partial charge < -0.3 is 19.1 Å². The number of allylic oxidation sites excluding steroid dienone is 2. The first-order chi connectivity index (χ1) is 18.3. The van der Waals surface area contributed by atoms with Crippen LogP contribution in [0.1, 0.15) is 54.9 Å². The van der Waals surface area contributed by atoms with E-state index in [1.165, 1.54) is 32.4 Å². The van der Waals surface area contributed by atoms with Gasteiger partial charge in [-0.2, -0.15) is 9.30 Å². The number of amides is 1. The molecule has 1 saturated heterocycles. The summed E-state index contributed by atoms with van der Waals surface area (Å²) in [6.07, 6.45) is 11.2. The molecule has 4 aliphatic heterocycles. The van der Waals surface area contributed by atoms with Gasteiger partial charge in [-0.3, -0.25) is 9.69 Å². The van der Waals surface area contributed by atoms with Gasteiger partial charge in [0.1, 0.15) is 17.3 Å². The van der Waals surface area contributed by atoms with E-state index in [0.29, 0.717) is 36.1 Å². The number of amidine groups is 1. The van der Waals surface area contributed by atoms with Crippen LogP contribution in [0.4, 0.5) is 0 Å². The van der Waals surface area contributed by atoms with Crippen molar-refractivity contribution in [1.29, 1.82) is 0 Å². The third kappa shape index (κ3) is 5.04. The maximum atomic E-state index is 13.3. The fourth-order valence-electron chi connectivity index (χ4n) is 5.01. The molecule has 0 aromatic heterocycles. The van der Waals surface area contributed by atoms with Crippen LogP contribution in [0.3, 0.4) is 0 Å². The molecule has 0 unspecified atom stereocenters. The first-order valence-electron chi connectivity index (χ1n) is 13.0. The summed E-state index contributed by atoms with van der Waals surface area (Å²) in [6.45, 7) is 7.41. The third-order valence-electron chi connectivity index (χ3n) is 7.10. The van der Waals surface area contributed by atoms with Crippen molar-refractivity contribution in [3.8, 4) is 5.75 Å². The van der Waals surface area contributed by atoms with E-state index in [9.17, 15) is 13.2 Å². The van der Waals surface area contributed by atoms with Gasteiger partial charge in [-0.15, -0.1) is 0 Å². The van der Waals surface area contributed by atoms with Gasteiger partial charge in [0.15, 0.2) is 18.3 Å². The molecule has 0 N–H and O–H groups in total. The largest absolute Gasteiger partial charge is 0.497 e. The van der Waals surface area contributed by atoms with Crippen LogP contribution < -0.4 is 4.74 Å². The molecule has 0 atom stereocenters. The monoisotopic (exact) mass is 542 g/mol. The minimum Gasteiger partial charge on any atom is -0.497 e. The molecule has 10 nitrogen and oxygen atoms in total. The molecule has 1 aromatic rings. The minimum atomic E-state index is -4.10. The predicted octanol–water partition coefficient (Wildman–Crippen LogP) is 3.41. The van der Waals surface area contributed by atoms with Crippen molar-refractivity contribution < 1.29 is 27.4 Å². The zero-order valence-corrected chi connectivity index (χ0v) is 22.9. The Morgan fingerprint density at radius 1 is 1.11 bits per heavy atom. The number of ether oxygens (including phenoxy) is 3. The van der Waals surface area contributed by atoms with Gasteiger partial charge in [0.2, 0.25) is 5.88 Å². The minimum absolute atomic E-state index is 0.0611. The van der Waals surface area contributed by atoms with E-state index in [4.69, 9.17) is 14.2 Å². The van der Waals surface area contributed by atoms with E-state index < -0.39 is 22.7 Å². The van der Waals surface area contributed by atoms with Crippen molar-refractivity contribution in [1.82, 2.24) is 14.1 Å². The van der Waals surface area contributed by atoms with Gasteiger partial charge in [-0.1, -0.05) is 20.3 Å². The zero-order valence-electron chi connectivity index (χ0n) is 22.1. The third-order valence-corrected chi connectivity index (χ3v) is 8.83. The number of piperidine rings is 1. The Kier molecular flexibility index (Phi) is 7.49. The van der Waals surface area contributed by atoms with Crippen molar-refractivity contribution >= 4 is 21.8 Å². The Morgan fingerprint density at radius 3 is 2.63 bits per heavy atom. The highest BCUT2D eigenvalue weighted by atomic mass is 32.2. The first kappa shape index (κ1) is 26.3. The number of aliphatic imine (C=N–C) groups is 1. The highest BCUT2D eigenvalue weighted by molar-refractivity contribution is 7.90. The summed E-state index contributed by atoms with van der Waals surface area (Å²) in [4.78, 5) is 22.1. The van der Waals surface area contributed by atoms with E-state index in [-0.39, 0.29) is 22.3 Å². The van der Waals surface area contributed by atoms with Crippen molar-refractivity contribution in [2.45, 2.75) is 43.9 Å². The zero-order chi connectivity index (χ0) is 26.9. The second kappa shape index (κ2) is 10.8. The van der Waals surface area contributed by atoms with Gasteiger partial charge in [-0.05, 0) is 61.7 Å². The fourth-order valence-corrected chi connectivity index (χ4v) is 6.47. The smallest absolute Gasteiger partial charge is 0.272 e. The maximum absolute atomic E-state index is 13.3. The van der Waals surface area contributed by atoms with Gasteiger partial charge in [-0.25, -0.2) is 8.42 Å². The van der Waals surface area contributed by atoms with E-state index in [1.54, 1.807) is 12.1 Å². The van der Waals surface area contributed by atoms with E-state index in [1.807, 2.05) is 37.1 Å². The number of rotatable bonds is 9. The SMILES string of the molecule is COc1cc(C(C)C)c2c(c1)S(=O)(=O)N(COC1=CCN3C=CC=C(OCCN4CCCCC4)C3=N1)C2=O. The Hall–Kier alpha value is -3.31. The Bertz CT molecular complexity index is 1330. The number of fused-ring (bicyclic) bond motifs is 2. The number of hydrogen-bond donors (Lipinski definition) is 0. The van der Waals surface area contributed by atoms with Gasteiger partial charge in [0.25, 0.3) is 15.9 Å². The number of carbonyl (C=O) groups is 1. The number of carbonyl (C=O) groups excluding carboxylic acids is 1. The molecule has 0 spiro atoms. The molecular weight excluding hydrogens is 508 g/mol. The summed E-state index contributed by atoms with van der Waals surface area (Å²) in [5.41, 5.74) is 0.790. The van der Waals surface area contributed by atoms with Crippen molar-refractivity contribution in [2.24, 2.45) is 4.99 Å². The van der Waals surface area contributed by atoms with Crippen LogP contribution in [0.2, 0.25) is 0 Å². The molecule has 4 aliphatic rings. The number of sulfonamides is 1. The van der Waals surface area contributed by atoms with Crippen LogP contribution in [-0.4, -0.2) is 80.9 Å². The number of methoxy groups -OCH3 is 1. The molecule has 4 heterocycles. The molecule has 0 bridgehead atoms. The molecule has 5 rings (SSSR count). The molecule has 0 radical (unpaired) electrons. The number of hydrogen-bond acceptors (Lipinski definition) is 9. The summed E-state index contributed by atoms with van der Waals surface area (Å²) in [7, 11) is -2.63. The topological polar surface area (TPSA) is 101 Å². The number of likely N-dealkylation sites (tertiary alicyclic amines) is 1. The molecular formula is C27H34N4O6S. The van der Waals surface area contributed by atoms with Crippen molar-refractivity contribution in [3.05, 3.63) is 59.3 Å². The highest BCUT2D eigenvalue weighted by Gasteiger charge is 2.44. The summed E-state index contributed by atoms with van der Waals surface area (Å²) in [5, 5.41) is 0. The lowest BCUT2D eigenvalue weighted by Crippen LogP contribution is -2.36. The van der Waals surface area contributed by atoms with Crippen LogP contribution in [0.5, 0.6) is 5.75 Å². The van der Waals surface area contributed by atoms with Crippen LogP contribution in [0.15, 0.2) is 58.1 Å². The van der Waals surface area contributed by atoms with E-state index in [2.05, 4.69) is 9.89 Å². The van der Waals surface area contributed by atoms with Crippen LogP contribution in [0, 0.1) is 0 Å². The van der Waals surface area contributed by atoms with Crippen LogP contribution in [-0.2, 0) is 19.5 Å². The van der Waals surface area contributed by atoms with Crippen molar-refractivity contribution in [3.63, 3.8) is 0 Å². The molecule has 204 valence electrons. The summed E-state index contributed by atoms with van der Waals surface area (Å²) in [6, 6.07) is 3.10.